The van der Waals surface area contributed by atoms with Gasteiger partial charge in [0.1, 0.15) is 0 Å². The average Bonchev–Trinajstić information content (AvgIpc) is 2.72. The smallest absolute Gasteiger partial charge is 0.251 e. The molecule has 0 saturated heterocycles. The van der Waals surface area contributed by atoms with Crippen LogP contribution in [0.25, 0.3) is 6.08 Å². The number of hydrogen-bond donors (Lipinski definition) is 1. The molecule has 1 N–H and O–H groups in total. The maximum atomic E-state index is 12.6. The molecule has 0 aromatic heterocycles. The van der Waals surface area contributed by atoms with Gasteiger partial charge < -0.3 is 10.2 Å². The van der Waals surface area contributed by atoms with Crippen LogP contribution in [0.5, 0.6) is 0 Å². The minimum Gasteiger partial charge on any atom is -0.355 e. The second-order valence-electron chi connectivity index (χ2n) is 6.07. The molecule has 2 rings (SSSR count). The Kier molecular flexibility index (Phi) is 6.90. The van der Waals surface area contributed by atoms with Gasteiger partial charge >= 0.3 is 0 Å². The van der Waals surface area contributed by atoms with Crippen LogP contribution in [0.2, 0.25) is 0 Å². The lowest BCUT2D eigenvalue weighted by atomic mass is 10.0. The van der Waals surface area contributed by atoms with Crippen molar-refractivity contribution in [2.45, 2.75) is 19.9 Å². The monoisotopic (exact) mass is 361 g/mol. The van der Waals surface area contributed by atoms with Crippen molar-refractivity contribution in [3.8, 4) is 6.07 Å². The summed E-state index contributed by atoms with van der Waals surface area (Å²) in [6.45, 7) is 4.47. The van der Waals surface area contributed by atoms with Gasteiger partial charge in [0.2, 0.25) is 5.91 Å². The van der Waals surface area contributed by atoms with E-state index in [2.05, 4.69) is 11.4 Å². The van der Waals surface area contributed by atoms with Crippen LogP contribution in [0.15, 0.2) is 54.6 Å². The number of benzene rings is 2. The molecule has 0 aliphatic rings. The third-order valence-electron chi connectivity index (χ3n) is 4.43. The molecular weight excluding hydrogens is 338 g/mol. The number of amides is 2. The van der Waals surface area contributed by atoms with Gasteiger partial charge in [-0.15, -0.1) is 0 Å². The minimum absolute atomic E-state index is 0.0928. The molecule has 0 heterocycles. The normalized spacial score (nSPS) is 11.6. The number of nitriles is 1. The molecule has 0 fully saturated rings. The fourth-order valence-corrected chi connectivity index (χ4v) is 2.79. The summed E-state index contributed by atoms with van der Waals surface area (Å²) in [5.74, 6) is -0.236. The summed E-state index contributed by atoms with van der Waals surface area (Å²) in [6.07, 6.45) is 3.28. The molecule has 2 amide bonds. The van der Waals surface area contributed by atoms with Crippen LogP contribution in [0, 0.1) is 11.3 Å². The van der Waals surface area contributed by atoms with Gasteiger partial charge in [0.15, 0.2) is 0 Å². The van der Waals surface area contributed by atoms with Crippen LogP contribution >= 0.6 is 0 Å². The molecule has 138 valence electrons. The van der Waals surface area contributed by atoms with Gasteiger partial charge in [-0.1, -0.05) is 24.3 Å². The van der Waals surface area contributed by atoms with Gasteiger partial charge in [0.05, 0.1) is 17.7 Å². The summed E-state index contributed by atoms with van der Waals surface area (Å²) in [4.78, 5) is 26.0. The molecular formula is C22H23N3O2. The lowest BCUT2D eigenvalue weighted by molar-refractivity contribution is -0.127. The number of nitrogens with one attached hydrogen (secondary N) is 1. The number of hydrogen-bond acceptors (Lipinski definition) is 3. The van der Waals surface area contributed by atoms with Crippen LogP contribution in [0.3, 0.4) is 0 Å². The summed E-state index contributed by atoms with van der Waals surface area (Å²) >= 11 is 0. The third kappa shape index (κ3) is 5.05. The first-order chi connectivity index (χ1) is 13.0. The topological polar surface area (TPSA) is 73.2 Å². The zero-order chi connectivity index (χ0) is 19.8. The Morgan fingerprint density at radius 2 is 1.78 bits per heavy atom. The van der Waals surface area contributed by atoms with Crippen LogP contribution < -0.4 is 5.32 Å². The summed E-state index contributed by atoms with van der Waals surface area (Å²) < 4.78 is 0. The molecule has 0 aliphatic carbocycles. The summed E-state index contributed by atoms with van der Waals surface area (Å²) in [7, 11) is 1.59. The molecule has 0 aliphatic heterocycles. The number of nitrogens with zero attached hydrogens (tertiary/aromatic N) is 2. The van der Waals surface area contributed by atoms with Gasteiger partial charge in [0, 0.05) is 25.2 Å². The summed E-state index contributed by atoms with van der Waals surface area (Å²) in [6, 6.07) is 16.3. The van der Waals surface area contributed by atoms with Crippen molar-refractivity contribution < 1.29 is 9.59 Å². The van der Waals surface area contributed by atoms with Crippen molar-refractivity contribution in [3.05, 3.63) is 76.9 Å². The van der Waals surface area contributed by atoms with E-state index in [1.165, 1.54) is 0 Å². The molecule has 5 heteroatoms. The Hall–Kier alpha value is -3.39. The van der Waals surface area contributed by atoms with Crippen LogP contribution in [-0.4, -0.2) is 30.3 Å². The van der Waals surface area contributed by atoms with Gasteiger partial charge in [0.25, 0.3) is 5.91 Å². The fourth-order valence-electron chi connectivity index (χ4n) is 2.79. The van der Waals surface area contributed by atoms with E-state index in [0.29, 0.717) is 17.7 Å². The van der Waals surface area contributed by atoms with Crippen molar-refractivity contribution >= 4 is 17.9 Å². The number of likely N-dealkylation sites (N-methyl/N-ethyl adjacent to an activating group) is 1. The Bertz CT molecular complexity index is 862. The fraction of sp³-hybridized carbons (Fsp3) is 0.227. The molecule has 0 saturated carbocycles. The number of carbonyl (C=O) groups excluding carboxylic acids is 2. The standard InChI is InChI=1S/C22H23N3O2/c1-4-25(16(2)19-10-7-18(15-23)8-11-19)21(26)14-9-17-5-12-20(13-6-17)22(27)24-3/h5-14,16H,4H2,1-3H3,(H,24,27)/b14-9+. The zero-order valence-corrected chi connectivity index (χ0v) is 15.8. The Morgan fingerprint density at radius 3 is 2.30 bits per heavy atom. The summed E-state index contributed by atoms with van der Waals surface area (Å²) in [5.41, 5.74) is 3.00. The van der Waals surface area contributed by atoms with E-state index in [4.69, 9.17) is 5.26 Å². The van der Waals surface area contributed by atoms with E-state index in [-0.39, 0.29) is 17.9 Å². The first-order valence-corrected chi connectivity index (χ1v) is 8.81. The van der Waals surface area contributed by atoms with E-state index >= 15 is 0 Å². The third-order valence-corrected chi connectivity index (χ3v) is 4.43. The van der Waals surface area contributed by atoms with Crippen molar-refractivity contribution in [2.24, 2.45) is 0 Å². The van der Waals surface area contributed by atoms with Crippen molar-refractivity contribution in [2.75, 3.05) is 13.6 Å². The van der Waals surface area contributed by atoms with E-state index in [9.17, 15) is 9.59 Å². The van der Waals surface area contributed by atoms with Crippen LogP contribution in [-0.2, 0) is 4.79 Å². The predicted octanol–water partition coefficient (Wildman–Crippen LogP) is 3.54. The second kappa shape index (κ2) is 9.35. The average molecular weight is 361 g/mol. The molecule has 0 spiro atoms. The quantitative estimate of drug-likeness (QED) is 0.800. The van der Waals surface area contributed by atoms with Crippen molar-refractivity contribution in [1.82, 2.24) is 10.2 Å². The Morgan fingerprint density at radius 1 is 1.15 bits per heavy atom. The lowest BCUT2D eigenvalue weighted by Gasteiger charge is -2.27. The second-order valence-corrected chi connectivity index (χ2v) is 6.07. The number of carbonyl (C=O) groups is 2. The van der Waals surface area contributed by atoms with Crippen LogP contribution in [0.4, 0.5) is 0 Å². The molecule has 0 radical (unpaired) electrons. The molecule has 1 unspecified atom stereocenters. The SMILES string of the molecule is CCN(C(=O)/C=C/c1ccc(C(=O)NC)cc1)C(C)c1ccc(C#N)cc1. The highest BCUT2D eigenvalue weighted by Crippen LogP contribution is 2.21. The molecule has 27 heavy (non-hydrogen) atoms. The highest BCUT2D eigenvalue weighted by atomic mass is 16.2. The maximum Gasteiger partial charge on any atom is 0.251 e. The zero-order valence-electron chi connectivity index (χ0n) is 15.8. The van der Waals surface area contributed by atoms with Gasteiger partial charge in [-0.2, -0.15) is 5.26 Å². The summed E-state index contributed by atoms with van der Waals surface area (Å²) in [5, 5.41) is 11.5. The predicted molar refractivity (Wildman–Crippen MR) is 106 cm³/mol. The molecule has 1 atom stereocenters. The first kappa shape index (κ1) is 19.9. The van der Waals surface area contributed by atoms with E-state index in [1.54, 1.807) is 60.5 Å². The molecule has 2 aromatic rings. The van der Waals surface area contributed by atoms with Crippen LogP contribution in [0.1, 0.15) is 46.9 Å². The maximum absolute atomic E-state index is 12.6. The largest absolute Gasteiger partial charge is 0.355 e. The Balaban J connectivity index is 2.10. The van der Waals surface area contributed by atoms with Gasteiger partial charge in [-0.25, -0.2) is 0 Å². The molecule has 2 aromatic carbocycles. The molecule has 5 nitrogen and oxygen atoms in total. The van der Waals surface area contributed by atoms with E-state index in [0.717, 1.165) is 11.1 Å². The highest BCUT2D eigenvalue weighted by molar-refractivity contribution is 5.95. The van der Waals surface area contributed by atoms with E-state index in [1.807, 2.05) is 26.0 Å². The number of rotatable bonds is 6. The van der Waals surface area contributed by atoms with Gasteiger partial charge in [-0.3, -0.25) is 9.59 Å². The van der Waals surface area contributed by atoms with Crippen molar-refractivity contribution in [1.29, 1.82) is 5.26 Å². The van der Waals surface area contributed by atoms with Crippen molar-refractivity contribution in [3.63, 3.8) is 0 Å². The molecule has 0 bridgehead atoms. The van der Waals surface area contributed by atoms with E-state index < -0.39 is 0 Å². The first-order valence-electron chi connectivity index (χ1n) is 8.81. The highest BCUT2D eigenvalue weighted by Gasteiger charge is 2.18. The van der Waals surface area contributed by atoms with Gasteiger partial charge in [-0.05, 0) is 55.3 Å². The Labute approximate surface area is 159 Å². The lowest BCUT2D eigenvalue weighted by Crippen LogP contribution is -2.32. The minimum atomic E-state index is -0.144.